The molecule has 74 valence electrons. The maximum atomic E-state index is 4.45. The van der Waals surface area contributed by atoms with Crippen molar-refractivity contribution in [3.8, 4) is 0 Å². The van der Waals surface area contributed by atoms with Gasteiger partial charge in [-0.25, -0.2) is 4.99 Å². The average molecular weight is 254 g/mol. The molecule has 0 radical (unpaired) electrons. The Morgan fingerprint density at radius 3 is 2.67 bits per heavy atom. The van der Waals surface area contributed by atoms with Crippen LogP contribution in [0.4, 0.5) is 0 Å². The topological polar surface area (TPSA) is 65.0 Å². The Morgan fingerprint density at radius 1 is 1.27 bits per heavy atom. The number of hydrazone groups is 1. The minimum Gasteiger partial charge on any atom is -0.224 e. The highest BCUT2D eigenvalue weighted by Crippen LogP contribution is 2.05. The summed E-state index contributed by atoms with van der Waals surface area (Å²) in [4.78, 5) is 15.1. The van der Waals surface area contributed by atoms with Crippen LogP contribution in [0, 0.1) is 0 Å². The number of hydrogen-bond donors (Lipinski definition) is 0. The summed E-state index contributed by atoms with van der Waals surface area (Å²) in [5, 5.41) is 11.3. The summed E-state index contributed by atoms with van der Waals surface area (Å²) in [5.74, 6) is 0.163. The van der Waals surface area contributed by atoms with E-state index in [-0.39, 0.29) is 5.96 Å². The van der Waals surface area contributed by atoms with Crippen molar-refractivity contribution in [3.05, 3.63) is 0 Å². The van der Waals surface area contributed by atoms with Crippen molar-refractivity contribution in [2.75, 3.05) is 0 Å². The molecule has 0 aliphatic carbocycles. The third-order valence-electron chi connectivity index (χ3n) is 1.21. The molecule has 0 amide bonds. The first kappa shape index (κ1) is 11.6. The zero-order chi connectivity index (χ0) is 11.1. The minimum atomic E-state index is -0.707. The smallest absolute Gasteiger partial charge is 0.224 e. The molecule has 1 aliphatic heterocycles. The first-order chi connectivity index (χ1) is 7.31. The van der Waals surface area contributed by atoms with Gasteiger partial charge in [0.15, 0.2) is 0 Å². The van der Waals surface area contributed by atoms with Gasteiger partial charge in [-0.1, -0.05) is 0 Å². The van der Waals surface area contributed by atoms with E-state index in [1.807, 2.05) is 0 Å². The quantitative estimate of drug-likeness (QED) is 0.548. The molecule has 0 aromatic carbocycles. The Kier molecular flexibility index (Phi) is 4.73. The van der Waals surface area contributed by atoms with Gasteiger partial charge in [0.25, 0.3) is 5.96 Å². The predicted molar refractivity (Wildman–Crippen MR) is 66.6 cm³/mol. The van der Waals surface area contributed by atoms with Crippen LogP contribution in [0.25, 0.3) is 0 Å². The van der Waals surface area contributed by atoms with Gasteiger partial charge in [0, 0.05) is 0 Å². The SMILES string of the molecule is S=C=NC1=NC(N=C=S)N=CN1N=C=S. The van der Waals surface area contributed by atoms with Crippen LogP contribution in [0.5, 0.6) is 0 Å². The average Bonchev–Trinajstić information content (AvgIpc) is 2.23. The molecule has 1 atom stereocenters. The van der Waals surface area contributed by atoms with Crippen molar-refractivity contribution < 1.29 is 0 Å². The fraction of sp³-hybridized carbons (Fsp3) is 0.167. The Hall–Kier alpha value is -1.46. The zero-order valence-electron chi connectivity index (χ0n) is 7.06. The number of isothiocyanates is 3. The molecule has 1 unspecified atom stereocenters. The molecule has 6 nitrogen and oxygen atoms in total. The normalized spacial score (nSPS) is 18.0. The van der Waals surface area contributed by atoms with Gasteiger partial charge in [0.1, 0.15) is 6.34 Å². The van der Waals surface area contributed by atoms with E-state index in [1.165, 1.54) is 11.3 Å². The van der Waals surface area contributed by atoms with Gasteiger partial charge in [-0.05, 0) is 36.7 Å². The van der Waals surface area contributed by atoms with Gasteiger partial charge in [-0.3, -0.25) is 0 Å². The molecule has 1 aliphatic rings. The molecular weight excluding hydrogens is 252 g/mol. The van der Waals surface area contributed by atoms with E-state index in [0.717, 1.165) is 0 Å². The van der Waals surface area contributed by atoms with E-state index in [1.54, 1.807) is 0 Å². The Balaban J connectivity index is 3.04. The monoisotopic (exact) mass is 254 g/mol. The lowest BCUT2D eigenvalue weighted by Crippen LogP contribution is -2.28. The molecule has 15 heavy (non-hydrogen) atoms. The van der Waals surface area contributed by atoms with E-state index in [4.69, 9.17) is 0 Å². The molecule has 9 heteroatoms. The van der Waals surface area contributed by atoms with Crippen LogP contribution in [0.2, 0.25) is 0 Å². The fourth-order valence-electron chi connectivity index (χ4n) is 0.715. The maximum absolute atomic E-state index is 4.45. The zero-order valence-corrected chi connectivity index (χ0v) is 9.51. The summed E-state index contributed by atoms with van der Waals surface area (Å²) < 4.78 is 0. The Bertz CT molecular complexity index is 449. The molecule has 0 bridgehead atoms. The number of guanidine groups is 1. The van der Waals surface area contributed by atoms with Crippen molar-refractivity contribution in [2.45, 2.75) is 6.29 Å². The van der Waals surface area contributed by atoms with Crippen molar-refractivity contribution in [3.63, 3.8) is 0 Å². The fourth-order valence-corrected chi connectivity index (χ4v) is 0.979. The summed E-state index contributed by atoms with van der Waals surface area (Å²) in [6.45, 7) is 0. The highest BCUT2D eigenvalue weighted by Gasteiger charge is 2.15. The Morgan fingerprint density at radius 2 is 2.07 bits per heavy atom. The lowest BCUT2D eigenvalue weighted by molar-refractivity contribution is 0.610. The van der Waals surface area contributed by atoms with Crippen molar-refractivity contribution in [2.24, 2.45) is 25.1 Å². The second-order valence-corrected chi connectivity index (χ2v) is 2.55. The maximum Gasteiger partial charge on any atom is 0.260 e. The molecule has 0 N–H and O–H groups in total. The first-order valence-electron chi connectivity index (χ1n) is 3.45. The van der Waals surface area contributed by atoms with Crippen LogP contribution >= 0.6 is 36.7 Å². The lowest BCUT2D eigenvalue weighted by Gasteiger charge is -2.14. The van der Waals surface area contributed by atoms with Crippen LogP contribution in [-0.4, -0.2) is 39.1 Å². The number of hydrogen-bond acceptors (Lipinski definition) is 9. The highest BCUT2D eigenvalue weighted by atomic mass is 32.1. The first-order valence-corrected chi connectivity index (χ1v) is 4.67. The largest absolute Gasteiger partial charge is 0.260 e. The van der Waals surface area contributed by atoms with Crippen LogP contribution < -0.4 is 0 Å². The number of rotatable bonds is 2. The van der Waals surface area contributed by atoms with E-state index in [9.17, 15) is 0 Å². The van der Waals surface area contributed by atoms with Crippen LogP contribution in [-0.2, 0) is 0 Å². The molecule has 1 rings (SSSR count). The van der Waals surface area contributed by atoms with Gasteiger partial charge in [-0.15, -0.1) is 5.10 Å². The molecule has 0 spiro atoms. The third kappa shape index (κ3) is 3.30. The molecule has 0 saturated carbocycles. The van der Waals surface area contributed by atoms with E-state index >= 15 is 0 Å². The van der Waals surface area contributed by atoms with Gasteiger partial charge >= 0.3 is 0 Å². The molecule has 0 aromatic heterocycles. The van der Waals surface area contributed by atoms with E-state index in [0.29, 0.717) is 0 Å². The number of aliphatic imine (C=N–C) groups is 4. The van der Waals surface area contributed by atoms with Crippen LogP contribution in [0.3, 0.4) is 0 Å². The summed E-state index contributed by atoms with van der Waals surface area (Å²) in [7, 11) is 0. The van der Waals surface area contributed by atoms with Gasteiger partial charge in [-0.2, -0.15) is 20.0 Å². The van der Waals surface area contributed by atoms with Crippen molar-refractivity contribution in [1.29, 1.82) is 0 Å². The number of nitrogens with zero attached hydrogens (tertiary/aromatic N) is 6. The predicted octanol–water partition coefficient (Wildman–Crippen LogP) is 1.19. The lowest BCUT2D eigenvalue weighted by atomic mass is 10.7. The van der Waals surface area contributed by atoms with Crippen molar-refractivity contribution in [1.82, 2.24) is 5.01 Å². The van der Waals surface area contributed by atoms with Gasteiger partial charge in [0.2, 0.25) is 6.29 Å². The summed E-state index contributed by atoms with van der Waals surface area (Å²) in [6.07, 6.45) is 0.625. The second-order valence-electron chi connectivity index (χ2n) is 2.00. The minimum absolute atomic E-state index is 0.163. The van der Waals surface area contributed by atoms with Crippen molar-refractivity contribution >= 4 is 64.4 Å². The third-order valence-corrected chi connectivity index (χ3v) is 1.49. The molecular formula is C6H2N6S3. The Labute approximate surface area is 101 Å². The standard InChI is InChI=1S/C6H2N6S3/c13-2-8-5-7-1-12(10-4-15)6(11-5)9-3-14/h1,5H. The van der Waals surface area contributed by atoms with Crippen LogP contribution in [0.1, 0.15) is 0 Å². The summed E-state index contributed by atoms with van der Waals surface area (Å²) in [6, 6.07) is 0. The summed E-state index contributed by atoms with van der Waals surface area (Å²) >= 11 is 13.3. The van der Waals surface area contributed by atoms with Crippen LogP contribution in [0.15, 0.2) is 25.1 Å². The molecule has 1 heterocycles. The van der Waals surface area contributed by atoms with E-state index in [2.05, 4.69) is 77.2 Å². The number of thiocarbonyl (C=S) groups is 3. The molecule has 0 aromatic rings. The molecule has 0 fully saturated rings. The van der Waals surface area contributed by atoms with Gasteiger partial charge < -0.3 is 0 Å². The summed E-state index contributed by atoms with van der Waals surface area (Å²) in [5.41, 5.74) is 0. The van der Waals surface area contributed by atoms with E-state index < -0.39 is 6.29 Å². The molecule has 0 saturated heterocycles. The second kappa shape index (κ2) is 6.10. The highest BCUT2D eigenvalue weighted by molar-refractivity contribution is 7.78. The van der Waals surface area contributed by atoms with Gasteiger partial charge in [0.05, 0.1) is 15.5 Å².